The van der Waals surface area contributed by atoms with E-state index in [9.17, 15) is 4.79 Å². The molecule has 3 heteroatoms. The summed E-state index contributed by atoms with van der Waals surface area (Å²) in [6.07, 6.45) is 1.94. The van der Waals surface area contributed by atoms with Crippen LogP contribution in [-0.2, 0) is 17.6 Å². The molecule has 0 aliphatic carbocycles. The van der Waals surface area contributed by atoms with Crippen molar-refractivity contribution in [3.63, 3.8) is 0 Å². The molecular weight excluding hydrogens is 332 g/mol. The van der Waals surface area contributed by atoms with E-state index < -0.39 is 0 Å². The Morgan fingerprint density at radius 2 is 1.11 bits per heavy atom. The minimum atomic E-state index is 0.306. The first kappa shape index (κ1) is 21.3. The van der Waals surface area contributed by atoms with Crippen molar-refractivity contribution in [1.82, 2.24) is 8.97 Å². The Bertz CT molecular complexity index is 743. The first-order chi connectivity index (χ1) is 12.7. The SMILES string of the molecule is CC[N+](C)(C)c1ccc(CCC(=O)Cc2ccc([N+](C)(C)CC)cc2)cc1. The number of benzene rings is 2. The fourth-order valence-electron chi connectivity index (χ4n) is 3.05. The zero-order chi connectivity index (χ0) is 20.1. The molecule has 0 aromatic heterocycles. The molecule has 0 bridgehead atoms. The van der Waals surface area contributed by atoms with Crippen LogP contribution in [0.3, 0.4) is 0 Å². The van der Waals surface area contributed by atoms with E-state index >= 15 is 0 Å². The van der Waals surface area contributed by atoms with Crippen LogP contribution in [0.1, 0.15) is 31.4 Å². The lowest BCUT2D eigenvalue weighted by Crippen LogP contribution is -2.39. The minimum Gasteiger partial charge on any atom is -0.299 e. The van der Waals surface area contributed by atoms with Crippen LogP contribution in [0.5, 0.6) is 0 Å². The maximum atomic E-state index is 12.4. The second kappa shape index (κ2) is 8.81. The predicted octanol–water partition coefficient (Wildman–Crippen LogP) is 4.60. The van der Waals surface area contributed by atoms with Gasteiger partial charge in [0.2, 0.25) is 0 Å². The van der Waals surface area contributed by atoms with E-state index in [4.69, 9.17) is 0 Å². The van der Waals surface area contributed by atoms with Crippen LogP contribution in [-0.4, -0.2) is 47.1 Å². The van der Waals surface area contributed by atoms with Gasteiger partial charge in [-0.1, -0.05) is 24.3 Å². The van der Waals surface area contributed by atoms with E-state index in [1.807, 2.05) is 0 Å². The van der Waals surface area contributed by atoms with Crippen LogP contribution >= 0.6 is 0 Å². The highest BCUT2D eigenvalue weighted by atomic mass is 16.1. The van der Waals surface area contributed by atoms with Crippen LogP contribution in [0.15, 0.2) is 48.5 Å². The standard InChI is InChI=1S/C24H36N2O/c1-7-25(3,4)22-14-9-20(10-15-22)13-18-24(27)19-21-11-16-23(17-12-21)26(5,6)8-2/h9-12,14-17H,7-8,13,18-19H2,1-6H3/q+2. The molecular formula is C24H36N2O+2. The van der Waals surface area contributed by atoms with Crippen molar-refractivity contribution >= 4 is 17.2 Å². The van der Waals surface area contributed by atoms with Crippen molar-refractivity contribution in [3.05, 3.63) is 59.7 Å². The predicted molar refractivity (Wildman–Crippen MR) is 118 cm³/mol. The molecule has 0 heterocycles. The monoisotopic (exact) mass is 368 g/mol. The van der Waals surface area contributed by atoms with Gasteiger partial charge in [0, 0.05) is 12.8 Å². The Morgan fingerprint density at radius 3 is 1.52 bits per heavy atom. The summed E-state index contributed by atoms with van der Waals surface area (Å²) >= 11 is 0. The lowest BCUT2D eigenvalue weighted by atomic mass is 10.0. The number of nitrogens with zero attached hydrogens (tertiary/aromatic N) is 2. The summed E-state index contributed by atoms with van der Waals surface area (Å²) in [6, 6.07) is 17.2. The molecule has 3 nitrogen and oxygen atoms in total. The Hall–Kier alpha value is -1.97. The number of aryl methyl sites for hydroxylation is 1. The highest BCUT2D eigenvalue weighted by Crippen LogP contribution is 2.21. The van der Waals surface area contributed by atoms with Crippen molar-refractivity contribution in [2.24, 2.45) is 0 Å². The average Bonchev–Trinajstić information content (AvgIpc) is 2.67. The maximum Gasteiger partial charge on any atom is 0.137 e. The Morgan fingerprint density at radius 1 is 0.704 bits per heavy atom. The molecule has 0 saturated carbocycles. The van der Waals surface area contributed by atoms with Crippen molar-refractivity contribution < 1.29 is 4.79 Å². The zero-order valence-corrected chi connectivity index (χ0v) is 18.0. The van der Waals surface area contributed by atoms with Crippen molar-refractivity contribution in [2.45, 2.75) is 33.1 Å². The summed E-state index contributed by atoms with van der Waals surface area (Å²) in [5, 5.41) is 0. The quantitative estimate of drug-likeness (QED) is 0.591. The molecule has 0 atom stereocenters. The van der Waals surface area contributed by atoms with E-state index in [1.54, 1.807) is 0 Å². The molecule has 2 aromatic rings. The number of rotatable bonds is 9. The molecule has 0 N–H and O–H groups in total. The second-order valence-corrected chi connectivity index (χ2v) is 8.55. The van der Waals surface area contributed by atoms with Gasteiger partial charge >= 0.3 is 0 Å². The molecule has 0 amide bonds. The van der Waals surface area contributed by atoms with E-state index in [-0.39, 0.29) is 0 Å². The Labute approximate surface area is 165 Å². The average molecular weight is 369 g/mol. The lowest BCUT2D eigenvalue weighted by molar-refractivity contribution is -0.118. The van der Waals surface area contributed by atoms with Crippen molar-refractivity contribution in [3.8, 4) is 0 Å². The smallest absolute Gasteiger partial charge is 0.137 e. The van der Waals surface area contributed by atoms with E-state index in [0.29, 0.717) is 18.6 Å². The lowest BCUT2D eigenvalue weighted by Gasteiger charge is -2.27. The third-order valence-corrected chi connectivity index (χ3v) is 5.95. The van der Waals surface area contributed by atoms with E-state index in [2.05, 4.69) is 90.6 Å². The first-order valence-corrected chi connectivity index (χ1v) is 10.0. The Kier molecular flexibility index (Phi) is 6.96. The molecule has 0 unspecified atom stereocenters. The topological polar surface area (TPSA) is 17.1 Å². The number of hydrogen-bond acceptors (Lipinski definition) is 1. The van der Waals surface area contributed by atoms with Gasteiger partial charge < -0.3 is 0 Å². The van der Waals surface area contributed by atoms with Gasteiger partial charge in [0.1, 0.15) is 17.2 Å². The Balaban J connectivity index is 1.89. The van der Waals surface area contributed by atoms with E-state index in [0.717, 1.165) is 34.0 Å². The fourth-order valence-corrected chi connectivity index (χ4v) is 3.05. The molecule has 146 valence electrons. The summed E-state index contributed by atoms with van der Waals surface area (Å²) in [6.45, 7) is 6.49. The van der Waals surface area contributed by atoms with Crippen LogP contribution < -0.4 is 8.97 Å². The van der Waals surface area contributed by atoms with E-state index in [1.165, 1.54) is 16.9 Å². The largest absolute Gasteiger partial charge is 0.299 e. The number of Topliss-reactive ketones (excluding diaryl/α,β-unsaturated/α-hetero) is 1. The summed E-state index contributed by atoms with van der Waals surface area (Å²) in [7, 11) is 8.83. The van der Waals surface area contributed by atoms with Gasteiger partial charge in [-0.3, -0.25) is 13.8 Å². The van der Waals surface area contributed by atoms with Crippen LogP contribution in [0, 0.1) is 0 Å². The number of hydrogen-bond donors (Lipinski definition) is 0. The normalized spacial score (nSPS) is 12.2. The fraction of sp³-hybridized carbons (Fsp3) is 0.458. The van der Waals surface area contributed by atoms with Crippen molar-refractivity contribution in [2.75, 3.05) is 41.3 Å². The molecule has 0 aliphatic rings. The molecule has 0 spiro atoms. The molecule has 2 rings (SSSR count). The van der Waals surface area contributed by atoms with Gasteiger partial charge in [-0.25, -0.2) is 0 Å². The summed E-state index contributed by atoms with van der Waals surface area (Å²) in [5.41, 5.74) is 4.93. The van der Waals surface area contributed by atoms with Crippen LogP contribution in [0.25, 0.3) is 0 Å². The summed E-state index contributed by atoms with van der Waals surface area (Å²) in [5.74, 6) is 0.306. The molecule has 0 aliphatic heterocycles. The van der Waals surface area contributed by atoms with Gasteiger partial charge in [0.05, 0.1) is 41.3 Å². The van der Waals surface area contributed by atoms with Gasteiger partial charge in [-0.05, 0) is 55.7 Å². The van der Waals surface area contributed by atoms with Gasteiger partial charge in [0.25, 0.3) is 0 Å². The second-order valence-electron chi connectivity index (χ2n) is 8.55. The first-order valence-electron chi connectivity index (χ1n) is 10.0. The molecule has 2 aromatic carbocycles. The summed E-state index contributed by atoms with van der Waals surface area (Å²) in [4.78, 5) is 12.4. The maximum absolute atomic E-state index is 12.4. The molecule has 0 fully saturated rings. The van der Waals surface area contributed by atoms with Gasteiger partial charge in [0.15, 0.2) is 0 Å². The number of quaternary nitrogens is 2. The number of carbonyl (C=O) groups excluding carboxylic acids is 1. The molecule has 0 radical (unpaired) electrons. The zero-order valence-electron chi connectivity index (χ0n) is 18.0. The third-order valence-electron chi connectivity index (χ3n) is 5.95. The summed E-state index contributed by atoms with van der Waals surface area (Å²) < 4.78 is 1.74. The highest BCUT2D eigenvalue weighted by molar-refractivity contribution is 5.81. The van der Waals surface area contributed by atoms with Gasteiger partial charge in [-0.2, -0.15) is 0 Å². The van der Waals surface area contributed by atoms with Gasteiger partial charge in [-0.15, -0.1) is 0 Å². The minimum absolute atomic E-state index is 0.306. The number of carbonyl (C=O) groups is 1. The number of ketones is 1. The third kappa shape index (κ3) is 5.75. The molecule has 0 saturated heterocycles. The molecule has 27 heavy (non-hydrogen) atoms. The van der Waals surface area contributed by atoms with Crippen LogP contribution in [0.4, 0.5) is 11.4 Å². The van der Waals surface area contributed by atoms with Crippen molar-refractivity contribution in [1.29, 1.82) is 0 Å². The highest BCUT2D eigenvalue weighted by Gasteiger charge is 2.17. The van der Waals surface area contributed by atoms with Crippen LogP contribution in [0.2, 0.25) is 0 Å².